The monoisotopic (exact) mass is 450 g/mol. The van der Waals surface area contributed by atoms with Gasteiger partial charge in [0.05, 0.1) is 12.6 Å². The Morgan fingerprint density at radius 1 is 1.13 bits per heavy atom. The van der Waals surface area contributed by atoms with Gasteiger partial charge in [0, 0.05) is 6.42 Å². The van der Waals surface area contributed by atoms with Gasteiger partial charge in [0.15, 0.2) is 6.29 Å². The summed E-state index contributed by atoms with van der Waals surface area (Å²) >= 11 is 0. The second-order valence-electron chi connectivity index (χ2n) is 7.19. The number of aliphatic carboxylic acids is 1. The van der Waals surface area contributed by atoms with Crippen LogP contribution in [-0.4, -0.2) is 99.6 Å². The zero-order valence-corrected chi connectivity index (χ0v) is 17.1. The number of nitrogens with two attached hydrogens (primary N) is 2. The van der Waals surface area contributed by atoms with E-state index < -0.39 is 79.1 Å². The van der Waals surface area contributed by atoms with Crippen LogP contribution in [0.3, 0.4) is 0 Å². The molecule has 1 heterocycles. The number of amides is 3. The van der Waals surface area contributed by atoms with Crippen LogP contribution in [0.25, 0.3) is 0 Å². The SMILES string of the molecule is CC(O[C@@H]1[C@@H](N)[C@@H](O)O[C@H](CO)[C@H]1O)C(=O)N[C@@H](C)C(=O)N[C@H](CCC(N)=O)C(=O)O. The number of carboxylic acid groups (broad SMARTS) is 1. The molecule has 0 aromatic heterocycles. The lowest BCUT2D eigenvalue weighted by Gasteiger charge is -2.41. The van der Waals surface area contributed by atoms with E-state index in [4.69, 9.17) is 26.0 Å². The van der Waals surface area contributed by atoms with Crippen LogP contribution in [0.2, 0.25) is 0 Å². The van der Waals surface area contributed by atoms with Gasteiger partial charge in [-0.3, -0.25) is 14.4 Å². The Morgan fingerprint density at radius 2 is 1.74 bits per heavy atom. The Balaban J connectivity index is 2.66. The predicted molar refractivity (Wildman–Crippen MR) is 102 cm³/mol. The largest absolute Gasteiger partial charge is 0.480 e. The summed E-state index contributed by atoms with van der Waals surface area (Å²) in [6.07, 6.45) is -7.11. The minimum Gasteiger partial charge on any atom is -0.480 e. The molecule has 0 aromatic rings. The third kappa shape index (κ3) is 7.68. The zero-order valence-electron chi connectivity index (χ0n) is 17.1. The summed E-state index contributed by atoms with van der Waals surface area (Å²) in [5, 5.41) is 42.8. The highest BCUT2D eigenvalue weighted by molar-refractivity contribution is 5.91. The van der Waals surface area contributed by atoms with Crippen molar-refractivity contribution in [2.24, 2.45) is 11.5 Å². The minimum atomic E-state index is -1.54. The van der Waals surface area contributed by atoms with Crippen LogP contribution in [0.4, 0.5) is 0 Å². The Hall–Kier alpha value is -2.36. The van der Waals surface area contributed by atoms with E-state index in [2.05, 4.69) is 10.6 Å². The van der Waals surface area contributed by atoms with E-state index in [0.29, 0.717) is 0 Å². The van der Waals surface area contributed by atoms with Crippen LogP contribution >= 0.6 is 0 Å². The first-order valence-electron chi connectivity index (χ1n) is 9.54. The molecule has 1 unspecified atom stereocenters. The molecule has 178 valence electrons. The van der Waals surface area contributed by atoms with E-state index in [0.717, 1.165) is 0 Å². The van der Waals surface area contributed by atoms with Gasteiger partial charge in [0.25, 0.3) is 0 Å². The molecule has 1 fully saturated rings. The molecule has 0 spiro atoms. The van der Waals surface area contributed by atoms with Gasteiger partial charge in [-0.25, -0.2) is 4.79 Å². The highest BCUT2D eigenvalue weighted by atomic mass is 16.6. The van der Waals surface area contributed by atoms with E-state index >= 15 is 0 Å². The molecule has 10 N–H and O–H groups in total. The van der Waals surface area contributed by atoms with Crippen molar-refractivity contribution in [1.29, 1.82) is 0 Å². The molecule has 0 aliphatic carbocycles. The van der Waals surface area contributed by atoms with E-state index in [1.54, 1.807) is 0 Å². The summed E-state index contributed by atoms with van der Waals surface area (Å²) < 4.78 is 10.4. The number of ether oxygens (including phenoxy) is 2. The van der Waals surface area contributed by atoms with E-state index in [-0.39, 0.29) is 12.8 Å². The lowest BCUT2D eigenvalue weighted by atomic mass is 9.97. The Labute approximate surface area is 177 Å². The normalized spacial score (nSPS) is 28.8. The number of aliphatic hydroxyl groups is 3. The number of primary amides is 1. The summed E-state index contributed by atoms with van der Waals surface area (Å²) in [4.78, 5) is 46.6. The Bertz CT molecular complexity index is 663. The molecule has 14 heteroatoms. The molecule has 8 atom stereocenters. The van der Waals surface area contributed by atoms with Crippen LogP contribution in [0.5, 0.6) is 0 Å². The van der Waals surface area contributed by atoms with Gasteiger partial charge in [0.2, 0.25) is 17.7 Å². The van der Waals surface area contributed by atoms with Crippen molar-refractivity contribution < 1.29 is 49.1 Å². The summed E-state index contributed by atoms with van der Waals surface area (Å²) in [7, 11) is 0. The number of carboxylic acids is 1. The first-order chi connectivity index (χ1) is 14.4. The molecular weight excluding hydrogens is 420 g/mol. The molecule has 1 saturated heterocycles. The predicted octanol–water partition coefficient (Wildman–Crippen LogP) is -4.50. The Morgan fingerprint density at radius 3 is 2.26 bits per heavy atom. The number of rotatable bonds is 11. The van der Waals surface area contributed by atoms with Crippen molar-refractivity contribution in [3.05, 3.63) is 0 Å². The maximum atomic E-state index is 12.4. The molecule has 0 radical (unpaired) electrons. The highest BCUT2D eigenvalue weighted by Gasteiger charge is 2.44. The van der Waals surface area contributed by atoms with E-state index in [1.165, 1.54) is 13.8 Å². The minimum absolute atomic E-state index is 0.218. The van der Waals surface area contributed by atoms with Crippen LogP contribution in [0.15, 0.2) is 0 Å². The van der Waals surface area contributed by atoms with Crippen molar-refractivity contribution in [3.8, 4) is 0 Å². The molecule has 31 heavy (non-hydrogen) atoms. The van der Waals surface area contributed by atoms with Crippen LogP contribution in [0, 0.1) is 0 Å². The summed E-state index contributed by atoms with van der Waals surface area (Å²) in [6.45, 7) is 1.98. The molecule has 0 aromatic carbocycles. The smallest absolute Gasteiger partial charge is 0.326 e. The van der Waals surface area contributed by atoms with Crippen molar-refractivity contribution >= 4 is 23.7 Å². The Kier molecular flexibility index (Phi) is 10.2. The third-order valence-electron chi connectivity index (χ3n) is 4.70. The molecule has 14 nitrogen and oxygen atoms in total. The van der Waals surface area contributed by atoms with Crippen LogP contribution < -0.4 is 22.1 Å². The fraction of sp³-hybridized carbons (Fsp3) is 0.765. The van der Waals surface area contributed by atoms with Gasteiger partial charge >= 0.3 is 5.97 Å². The molecule has 0 bridgehead atoms. The van der Waals surface area contributed by atoms with Gasteiger partial charge in [-0.2, -0.15) is 0 Å². The molecule has 1 rings (SSSR count). The standard InChI is InChI=1S/C17H30N4O10/c1-6(14(25)21-8(16(27)28)3-4-10(18)23)20-15(26)7(2)30-13-11(19)17(29)31-9(5-22)12(13)24/h6-9,11-13,17,22,24,29H,3-5,19H2,1-2H3,(H2,18,23)(H,20,26)(H,21,25)(H,27,28)/t6-,7?,8+,9+,11+,12+,13+,17-/m0/s1. The number of nitrogens with one attached hydrogen (secondary N) is 2. The molecule has 1 aliphatic rings. The van der Waals surface area contributed by atoms with E-state index in [9.17, 15) is 34.5 Å². The van der Waals surface area contributed by atoms with Crippen molar-refractivity contribution in [3.63, 3.8) is 0 Å². The van der Waals surface area contributed by atoms with Gasteiger partial charge in [-0.1, -0.05) is 0 Å². The zero-order chi connectivity index (χ0) is 23.9. The summed E-state index contributed by atoms with van der Waals surface area (Å²) in [5.41, 5.74) is 10.7. The number of hydrogen-bond acceptors (Lipinski definition) is 10. The maximum absolute atomic E-state index is 12.4. The lowest BCUT2D eigenvalue weighted by Crippen LogP contribution is -2.64. The number of carbonyl (C=O) groups is 4. The molecular formula is C17H30N4O10. The lowest BCUT2D eigenvalue weighted by molar-refractivity contribution is -0.261. The third-order valence-corrected chi connectivity index (χ3v) is 4.70. The number of aliphatic hydroxyl groups excluding tert-OH is 3. The average Bonchev–Trinajstić information content (AvgIpc) is 2.69. The van der Waals surface area contributed by atoms with Crippen molar-refractivity contribution in [2.75, 3.05) is 6.61 Å². The quantitative estimate of drug-likeness (QED) is 0.149. The van der Waals surface area contributed by atoms with Crippen molar-refractivity contribution in [1.82, 2.24) is 10.6 Å². The van der Waals surface area contributed by atoms with Crippen LogP contribution in [-0.2, 0) is 28.7 Å². The second-order valence-corrected chi connectivity index (χ2v) is 7.19. The van der Waals surface area contributed by atoms with Gasteiger partial charge in [-0.15, -0.1) is 0 Å². The number of hydrogen-bond donors (Lipinski definition) is 8. The maximum Gasteiger partial charge on any atom is 0.326 e. The average molecular weight is 450 g/mol. The van der Waals surface area contributed by atoms with Gasteiger partial charge < -0.3 is 52.0 Å². The highest BCUT2D eigenvalue weighted by Crippen LogP contribution is 2.22. The molecule has 0 saturated carbocycles. The first-order valence-corrected chi connectivity index (χ1v) is 9.54. The van der Waals surface area contributed by atoms with Crippen LogP contribution in [0.1, 0.15) is 26.7 Å². The molecule has 1 aliphatic heterocycles. The molecule has 3 amide bonds. The second kappa shape index (κ2) is 11.9. The first kappa shape index (κ1) is 26.7. The summed E-state index contributed by atoms with van der Waals surface area (Å²) in [5.74, 6) is -3.71. The number of carbonyl (C=O) groups excluding carboxylic acids is 3. The van der Waals surface area contributed by atoms with Crippen molar-refractivity contribution in [2.45, 2.75) is 75.5 Å². The fourth-order valence-electron chi connectivity index (χ4n) is 2.81. The van der Waals surface area contributed by atoms with Gasteiger partial charge in [-0.05, 0) is 20.3 Å². The van der Waals surface area contributed by atoms with E-state index in [1.807, 2.05) is 0 Å². The fourth-order valence-corrected chi connectivity index (χ4v) is 2.81. The topological polar surface area (TPSA) is 244 Å². The summed E-state index contributed by atoms with van der Waals surface area (Å²) in [6, 6.07) is -3.76. The van der Waals surface area contributed by atoms with Gasteiger partial charge in [0.1, 0.15) is 36.5 Å².